The number of rotatable bonds is 3. The normalized spacial score (nSPS) is 27.1. The van der Waals surface area contributed by atoms with E-state index in [1.165, 1.54) is 0 Å². The summed E-state index contributed by atoms with van der Waals surface area (Å²) >= 11 is 0. The highest BCUT2D eigenvalue weighted by Gasteiger charge is 2.41. The number of carbonyl (C=O) groups is 1. The van der Waals surface area contributed by atoms with Crippen molar-refractivity contribution in [1.29, 1.82) is 0 Å². The fourth-order valence-corrected chi connectivity index (χ4v) is 3.35. The van der Waals surface area contributed by atoms with Crippen LogP contribution in [-0.2, 0) is 4.74 Å². The lowest BCUT2D eigenvalue weighted by Crippen LogP contribution is -2.31. The van der Waals surface area contributed by atoms with Crippen molar-refractivity contribution in [3.63, 3.8) is 0 Å². The summed E-state index contributed by atoms with van der Waals surface area (Å²) in [6.07, 6.45) is 3.59. The van der Waals surface area contributed by atoms with Gasteiger partial charge in [0.15, 0.2) is 0 Å². The van der Waals surface area contributed by atoms with Crippen LogP contribution in [0.3, 0.4) is 0 Å². The molecule has 21 heavy (non-hydrogen) atoms. The highest BCUT2D eigenvalue weighted by molar-refractivity contribution is 5.98. The average Bonchev–Trinajstić information content (AvgIpc) is 3.09. The molecule has 2 bridgehead atoms. The molecule has 2 aliphatic rings. The molecule has 1 aromatic heterocycles. The molecule has 4 rings (SSSR count). The first-order chi connectivity index (χ1) is 10.2. The molecule has 108 valence electrons. The molecule has 0 radical (unpaired) electrons. The summed E-state index contributed by atoms with van der Waals surface area (Å²) in [5, 5.41) is 13.6. The Kier molecular flexibility index (Phi) is 2.82. The van der Waals surface area contributed by atoms with Gasteiger partial charge in [-0.15, -0.1) is 0 Å². The zero-order valence-corrected chi connectivity index (χ0v) is 11.5. The summed E-state index contributed by atoms with van der Waals surface area (Å²) in [6.45, 7) is 0. The Labute approximate surface area is 121 Å². The number of aromatic carboxylic acids is 1. The second kappa shape index (κ2) is 4.70. The lowest BCUT2D eigenvalue weighted by atomic mass is 9.95. The van der Waals surface area contributed by atoms with Gasteiger partial charge in [0.2, 0.25) is 0 Å². The molecule has 3 heterocycles. The number of pyridine rings is 1. The maximum atomic E-state index is 11.5. The van der Waals surface area contributed by atoms with E-state index in [1.807, 2.05) is 24.3 Å². The van der Waals surface area contributed by atoms with E-state index in [0.29, 0.717) is 11.9 Å². The first kappa shape index (κ1) is 12.6. The first-order valence-corrected chi connectivity index (χ1v) is 7.26. The molecule has 2 N–H and O–H groups in total. The number of aromatic nitrogens is 1. The molecule has 3 unspecified atom stereocenters. The summed E-state index contributed by atoms with van der Waals surface area (Å²) in [5.41, 5.74) is 1.02. The topological polar surface area (TPSA) is 71.5 Å². The average molecular weight is 284 g/mol. The molecule has 0 saturated carbocycles. The van der Waals surface area contributed by atoms with Gasteiger partial charge >= 0.3 is 5.97 Å². The van der Waals surface area contributed by atoms with E-state index in [1.54, 1.807) is 6.07 Å². The van der Waals surface area contributed by atoms with Crippen molar-refractivity contribution in [1.82, 2.24) is 4.98 Å². The zero-order valence-electron chi connectivity index (χ0n) is 11.5. The van der Waals surface area contributed by atoms with E-state index in [4.69, 9.17) is 4.74 Å². The number of anilines is 1. The van der Waals surface area contributed by atoms with Crippen LogP contribution in [0.25, 0.3) is 10.9 Å². The van der Waals surface area contributed by atoms with Gasteiger partial charge in [0.25, 0.3) is 0 Å². The third-order valence-corrected chi connectivity index (χ3v) is 4.38. The molecule has 5 nitrogen and oxygen atoms in total. The number of nitrogens with zero attached hydrogens (tertiary/aromatic N) is 1. The number of carboxylic acid groups (broad SMARTS) is 1. The molecular formula is C16H16N2O3. The number of ether oxygens (including phenoxy) is 1. The molecule has 3 atom stereocenters. The minimum Gasteiger partial charge on any atom is -0.478 e. The van der Waals surface area contributed by atoms with Crippen LogP contribution < -0.4 is 5.32 Å². The first-order valence-electron chi connectivity index (χ1n) is 7.26. The van der Waals surface area contributed by atoms with Crippen molar-refractivity contribution >= 4 is 22.7 Å². The van der Waals surface area contributed by atoms with E-state index < -0.39 is 5.97 Å². The van der Waals surface area contributed by atoms with E-state index in [2.05, 4.69) is 10.3 Å². The van der Waals surface area contributed by atoms with Crippen LogP contribution in [0.15, 0.2) is 30.3 Å². The summed E-state index contributed by atoms with van der Waals surface area (Å²) in [5.74, 6) is -0.512. The van der Waals surface area contributed by atoms with Gasteiger partial charge in [0, 0.05) is 5.39 Å². The Morgan fingerprint density at radius 1 is 1.33 bits per heavy atom. The Morgan fingerprint density at radius 2 is 2.19 bits per heavy atom. The molecular weight excluding hydrogens is 268 g/mol. The van der Waals surface area contributed by atoms with Crippen molar-refractivity contribution < 1.29 is 14.6 Å². The fourth-order valence-electron chi connectivity index (χ4n) is 3.35. The quantitative estimate of drug-likeness (QED) is 0.906. The number of carboxylic acids is 1. The summed E-state index contributed by atoms with van der Waals surface area (Å²) in [4.78, 5) is 16.0. The van der Waals surface area contributed by atoms with Crippen molar-refractivity contribution in [2.45, 2.75) is 37.5 Å². The van der Waals surface area contributed by atoms with Crippen molar-refractivity contribution in [2.24, 2.45) is 0 Å². The Hall–Kier alpha value is -2.14. The summed E-state index contributed by atoms with van der Waals surface area (Å²) in [6, 6.07) is 9.40. The number of para-hydroxylation sites is 1. The van der Waals surface area contributed by atoms with E-state index in [0.717, 1.165) is 30.2 Å². The minimum absolute atomic E-state index is 0.163. The fraction of sp³-hybridized carbons (Fsp3) is 0.375. The molecule has 2 aliphatic heterocycles. The number of benzene rings is 1. The molecule has 5 heteroatoms. The SMILES string of the molecule is O=C(O)c1cc2ccccc2nc1NC1CC2CCC1O2. The zero-order chi connectivity index (χ0) is 14.4. The van der Waals surface area contributed by atoms with Gasteiger partial charge in [0.1, 0.15) is 11.4 Å². The highest BCUT2D eigenvalue weighted by Crippen LogP contribution is 2.36. The summed E-state index contributed by atoms with van der Waals surface area (Å²) in [7, 11) is 0. The second-order valence-corrected chi connectivity index (χ2v) is 5.74. The highest BCUT2D eigenvalue weighted by atomic mass is 16.5. The van der Waals surface area contributed by atoms with Crippen LogP contribution in [0, 0.1) is 0 Å². The van der Waals surface area contributed by atoms with E-state index in [9.17, 15) is 9.90 Å². The van der Waals surface area contributed by atoms with Gasteiger partial charge in [-0.05, 0) is 31.4 Å². The van der Waals surface area contributed by atoms with Crippen LogP contribution in [0.2, 0.25) is 0 Å². The predicted molar refractivity (Wildman–Crippen MR) is 78.6 cm³/mol. The molecule has 0 amide bonds. The minimum atomic E-state index is -0.958. The van der Waals surface area contributed by atoms with Crippen LogP contribution in [-0.4, -0.2) is 34.3 Å². The van der Waals surface area contributed by atoms with Crippen molar-refractivity contribution in [2.75, 3.05) is 5.32 Å². The number of fused-ring (bicyclic) bond motifs is 3. The van der Waals surface area contributed by atoms with Gasteiger partial charge in [-0.25, -0.2) is 9.78 Å². The lowest BCUT2D eigenvalue weighted by Gasteiger charge is -2.21. The Morgan fingerprint density at radius 3 is 2.90 bits per heavy atom. The third-order valence-electron chi connectivity index (χ3n) is 4.38. The molecule has 0 spiro atoms. The van der Waals surface area contributed by atoms with Gasteiger partial charge in [-0.2, -0.15) is 0 Å². The maximum absolute atomic E-state index is 11.5. The molecule has 2 saturated heterocycles. The third kappa shape index (κ3) is 2.14. The second-order valence-electron chi connectivity index (χ2n) is 5.74. The molecule has 2 fully saturated rings. The van der Waals surface area contributed by atoms with Gasteiger partial charge < -0.3 is 15.2 Å². The molecule has 1 aromatic carbocycles. The maximum Gasteiger partial charge on any atom is 0.339 e. The van der Waals surface area contributed by atoms with Crippen LogP contribution in [0.5, 0.6) is 0 Å². The van der Waals surface area contributed by atoms with Gasteiger partial charge in [-0.3, -0.25) is 0 Å². The van der Waals surface area contributed by atoms with E-state index >= 15 is 0 Å². The van der Waals surface area contributed by atoms with E-state index in [-0.39, 0.29) is 17.7 Å². The Bertz CT molecular complexity index is 716. The predicted octanol–water partition coefficient (Wildman–Crippen LogP) is 2.66. The Balaban J connectivity index is 1.72. The molecule has 2 aromatic rings. The number of nitrogens with one attached hydrogen (secondary N) is 1. The standard InChI is InChI=1S/C16H16N2O3/c19-16(20)11-7-9-3-1-2-4-12(9)17-15(11)18-13-8-10-5-6-14(13)21-10/h1-4,7,10,13-14H,5-6,8H2,(H,17,18)(H,19,20). The van der Waals surface area contributed by atoms with Gasteiger partial charge in [-0.1, -0.05) is 18.2 Å². The van der Waals surface area contributed by atoms with Gasteiger partial charge in [0.05, 0.1) is 23.8 Å². The summed E-state index contributed by atoms with van der Waals surface area (Å²) < 4.78 is 5.81. The smallest absolute Gasteiger partial charge is 0.339 e. The lowest BCUT2D eigenvalue weighted by molar-refractivity contribution is 0.0697. The van der Waals surface area contributed by atoms with Crippen LogP contribution in [0.4, 0.5) is 5.82 Å². The molecule has 0 aliphatic carbocycles. The number of hydrogen-bond acceptors (Lipinski definition) is 4. The monoisotopic (exact) mass is 284 g/mol. The van der Waals surface area contributed by atoms with Crippen molar-refractivity contribution in [3.8, 4) is 0 Å². The largest absolute Gasteiger partial charge is 0.478 e. The number of hydrogen-bond donors (Lipinski definition) is 2. The van der Waals surface area contributed by atoms with Crippen LogP contribution >= 0.6 is 0 Å². The van der Waals surface area contributed by atoms with Crippen molar-refractivity contribution in [3.05, 3.63) is 35.9 Å². The van der Waals surface area contributed by atoms with Crippen LogP contribution in [0.1, 0.15) is 29.6 Å².